The number of fused-ring (bicyclic) bond motifs is 5. The maximum absolute atomic E-state index is 14.4. The molecule has 4 aliphatic rings. The van der Waals surface area contributed by atoms with Gasteiger partial charge in [0.25, 0.3) is 11.8 Å². The van der Waals surface area contributed by atoms with Gasteiger partial charge in [0.05, 0.1) is 25.3 Å². The summed E-state index contributed by atoms with van der Waals surface area (Å²) in [6, 6.07) is 3.27. The van der Waals surface area contributed by atoms with E-state index in [1.54, 1.807) is 9.47 Å². The van der Waals surface area contributed by atoms with Crippen LogP contribution in [0, 0.1) is 11.6 Å². The summed E-state index contributed by atoms with van der Waals surface area (Å²) in [4.78, 5) is 41.7. The summed E-state index contributed by atoms with van der Waals surface area (Å²) < 4.78 is 40.9. The first kappa shape index (κ1) is 22.2. The lowest BCUT2D eigenvalue weighted by molar-refractivity contribution is -0.170. The van der Waals surface area contributed by atoms with Crippen LogP contribution >= 0.6 is 0 Å². The number of methoxy groups -OCH3 is 1. The molecule has 1 unspecified atom stereocenters. The second kappa shape index (κ2) is 7.87. The Morgan fingerprint density at radius 1 is 1.23 bits per heavy atom. The van der Waals surface area contributed by atoms with Gasteiger partial charge in [-0.05, 0) is 44.6 Å². The highest BCUT2D eigenvalue weighted by molar-refractivity contribution is 5.99. The second-order valence-electron chi connectivity index (χ2n) is 9.81. The Morgan fingerprint density at radius 3 is 2.74 bits per heavy atom. The van der Waals surface area contributed by atoms with E-state index < -0.39 is 34.7 Å². The highest BCUT2D eigenvalue weighted by atomic mass is 19.1. The number of halogens is 2. The Morgan fingerprint density at radius 2 is 2.03 bits per heavy atom. The zero-order valence-corrected chi connectivity index (χ0v) is 19.2. The lowest BCUT2D eigenvalue weighted by Crippen LogP contribution is -2.61. The highest BCUT2D eigenvalue weighted by Gasteiger charge is 2.49. The normalized spacial score (nSPS) is 26.0. The Bertz CT molecular complexity index is 1300. The summed E-state index contributed by atoms with van der Waals surface area (Å²) in [7, 11) is 1.29. The first-order chi connectivity index (χ1) is 16.8. The van der Waals surface area contributed by atoms with Crippen LogP contribution in [0.15, 0.2) is 29.2 Å². The number of hydrogen-bond donors (Lipinski definition) is 1. The Labute approximate surface area is 199 Å². The molecule has 1 N–H and O–H groups in total. The van der Waals surface area contributed by atoms with Gasteiger partial charge in [0.1, 0.15) is 17.2 Å². The van der Waals surface area contributed by atoms with Gasteiger partial charge in [0, 0.05) is 23.9 Å². The van der Waals surface area contributed by atoms with Crippen LogP contribution in [0.25, 0.3) is 0 Å². The molecule has 2 bridgehead atoms. The quantitative estimate of drug-likeness (QED) is 0.719. The first-order valence-corrected chi connectivity index (χ1v) is 11.9. The van der Waals surface area contributed by atoms with Crippen molar-refractivity contribution in [2.75, 3.05) is 7.11 Å². The first-order valence-electron chi connectivity index (χ1n) is 11.9. The van der Waals surface area contributed by atoms with Crippen LogP contribution < -0.4 is 15.5 Å². The van der Waals surface area contributed by atoms with Gasteiger partial charge < -0.3 is 24.3 Å². The minimum absolute atomic E-state index is 0.0527. The number of carbonyl (C=O) groups is 2. The van der Waals surface area contributed by atoms with Crippen LogP contribution in [0.3, 0.4) is 0 Å². The molecule has 0 spiro atoms. The summed E-state index contributed by atoms with van der Waals surface area (Å²) in [6.07, 6.45) is 5.47. The molecule has 3 fully saturated rings. The zero-order valence-electron chi connectivity index (χ0n) is 19.2. The van der Waals surface area contributed by atoms with Crippen LogP contribution in [0.5, 0.6) is 5.75 Å². The number of aromatic nitrogens is 1. The van der Waals surface area contributed by atoms with Crippen molar-refractivity contribution in [2.24, 2.45) is 0 Å². The monoisotopic (exact) mass is 485 g/mol. The summed E-state index contributed by atoms with van der Waals surface area (Å²) >= 11 is 0. The number of nitrogens with one attached hydrogen (secondary N) is 1. The molecule has 6 rings (SSSR count). The number of carbonyl (C=O) groups excluding carboxylic acids is 2. The van der Waals surface area contributed by atoms with Crippen molar-refractivity contribution in [1.29, 1.82) is 0 Å². The molecule has 10 heteroatoms. The van der Waals surface area contributed by atoms with Gasteiger partial charge in [0.2, 0.25) is 5.43 Å². The predicted octanol–water partition coefficient (Wildman–Crippen LogP) is 2.68. The van der Waals surface area contributed by atoms with E-state index in [9.17, 15) is 23.2 Å². The molecule has 8 nitrogen and oxygen atoms in total. The van der Waals surface area contributed by atoms with Crippen LogP contribution in [-0.4, -0.2) is 46.8 Å². The van der Waals surface area contributed by atoms with E-state index in [0.717, 1.165) is 37.8 Å². The molecule has 3 heterocycles. The summed E-state index contributed by atoms with van der Waals surface area (Å²) in [6.45, 7) is 0.267. The van der Waals surface area contributed by atoms with Crippen LogP contribution in [0.2, 0.25) is 0 Å². The molecular weight excluding hydrogens is 460 g/mol. The smallest absolute Gasteiger partial charge is 0.276 e. The minimum Gasteiger partial charge on any atom is -0.491 e. The van der Waals surface area contributed by atoms with Crippen molar-refractivity contribution in [1.82, 2.24) is 14.8 Å². The van der Waals surface area contributed by atoms with Gasteiger partial charge in [-0.15, -0.1) is 0 Å². The fourth-order valence-corrected chi connectivity index (χ4v) is 5.84. The molecule has 0 radical (unpaired) electrons. The Balaban J connectivity index is 1.36. The number of pyridine rings is 1. The van der Waals surface area contributed by atoms with Crippen molar-refractivity contribution in [3.8, 4) is 5.75 Å². The average Bonchev–Trinajstić information content (AvgIpc) is 3.59. The Hall–Kier alpha value is -3.27. The van der Waals surface area contributed by atoms with Crippen molar-refractivity contribution in [2.45, 2.75) is 69.0 Å². The lowest BCUT2D eigenvalue weighted by Gasteiger charge is -2.50. The number of ether oxygens (including phenoxy) is 2. The standard InChI is InChI=1S/C25H25F2N3O5/c1-34-22-20-24(33)30-14-3-2-4-15(10-14)35-19(30)12-29(20)11-16(21(22)31)23(32)28-25(7-8-25)17-6-5-13(26)9-18(17)27/h5-6,9,11,14-15,19H,2-4,7-8,10,12H2,1H3,(H,28,32)/t14-,15+,19?/m1/s1. The van der Waals surface area contributed by atoms with E-state index in [1.165, 1.54) is 19.4 Å². The van der Waals surface area contributed by atoms with E-state index in [-0.39, 0.29) is 47.2 Å². The molecule has 2 aliphatic heterocycles. The van der Waals surface area contributed by atoms with Gasteiger partial charge in [-0.25, -0.2) is 8.78 Å². The van der Waals surface area contributed by atoms with E-state index in [4.69, 9.17) is 9.47 Å². The molecule has 2 aliphatic carbocycles. The maximum atomic E-state index is 14.4. The van der Waals surface area contributed by atoms with Gasteiger partial charge in [-0.3, -0.25) is 14.4 Å². The van der Waals surface area contributed by atoms with E-state index in [2.05, 4.69) is 5.32 Å². The lowest BCUT2D eigenvalue weighted by atomic mass is 9.89. The fourth-order valence-electron chi connectivity index (χ4n) is 5.84. The molecule has 1 aromatic heterocycles. The summed E-state index contributed by atoms with van der Waals surface area (Å²) in [5, 5.41) is 2.76. The SMILES string of the molecule is COc1c2n(cc(C(=O)NC3(c4ccc(F)cc4F)CC3)c1=O)CC1O[C@H]3CCC[C@H](C3)N1C2=O. The van der Waals surface area contributed by atoms with Crippen molar-refractivity contribution in [3.63, 3.8) is 0 Å². The maximum Gasteiger partial charge on any atom is 0.276 e. The number of nitrogens with zero attached hydrogens (tertiary/aromatic N) is 2. The summed E-state index contributed by atoms with van der Waals surface area (Å²) in [5.41, 5.74) is -1.66. The van der Waals surface area contributed by atoms with Gasteiger partial charge >= 0.3 is 0 Å². The predicted molar refractivity (Wildman–Crippen MR) is 119 cm³/mol. The molecule has 2 aromatic rings. The summed E-state index contributed by atoms with van der Waals surface area (Å²) in [5.74, 6) is -2.72. The zero-order chi connectivity index (χ0) is 24.5. The third kappa shape index (κ3) is 3.45. The number of rotatable bonds is 4. The topological polar surface area (TPSA) is 89.9 Å². The van der Waals surface area contributed by atoms with E-state index >= 15 is 0 Å². The van der Waals surface area contributed by atoms with Crippen molar-refractivity contribution >= 4 is 11.8 Å². The molecule has 1 aromatic carbocycles. The van der Waals surface area contributed by atoms with E-state index in [1.807, 2.05) is 0 Å². The van der Waals surface area contributed by atoms with Gasteiger partial charge in [-0.2, -0.15) is 0 Å². The molecule has 1 saturated heterocycles. The molecule has 184 valence electrons. The molecule has 2 saturated carbocycles. The largest absolute Gasteiger partial charge is 0.491 e. The van der Waals surface area contributed by atoms with Gasteiger partial charge in [0.15, 0.2) is 17.7 Å². The van der Waals surface area contributed by atoms with Crippen LogP contribution in [0.4, 0.5) is 8.78 Å². The average molecular weight is 485 g/mol. The Kier molecular flexibility index (Phi) is 5.00. The van der Waals surface area contributed by atoms with Crippen LogP contribution in [-0.2, 0) is 16.8 Å². The molecular formula is C25H25F2N3O5. The number of benzene rings is 1. The molecule has 2 amide bonds. The van der Waals surface area contributed by atoms with Crippen molar-refractivity contribution < 1.29 is 27.8 Å². The minimum atomic E-state index is -1.01. The fraction of sp³-hybridized carbons (Fsp3) is 0.480. The van der Waals surface area contributed by atoms with Crippen LogP contribution in [0.1, 0.15) is 64.9 Å². The van der Waals surface area contributed by atoms with Gasteiger partial charge in [-0.1, -0.05) is 6.07 Å². The number of amides is 2. The number of hydrogen-bond acceptors (Lipinski definition) is 5. The second-order valence-corrected chi connectivity index (χ2v) is 9.81. The molecule has 35 heavy (non-hydrogen) atoms. The molecule has 3 atom stereocenters. The van der Waals surface area contributed by atoms with Crippen molar-refractivity contribution in [3.05, 3.63) is 63.1 Å². The highest BCUT2D eigenvalue weighted by Crippen LogP contribution is 2.47. The third-order valence-corrected chi connectivity index (χ3v) is 7.68. The third-order valence-electron chi connectivity index (χ3n) is 7.68. The van der Waals surface area contributed by atoms with E-state index in [0.29, 0.717) is 12.8 Å².